The zero-order chi connectivity index (χ0) is 26.6. The number of carboxylic acid groups (broad SMARTS) is 1. The Bertz CT molecular complexity index is 1020. The zero-order valence-electron chi connectivity index (χ0n) is 19.4. The molecule has 14 heteroatoms. The van der Waals surface area contributed by atoms with Crippen molar-refractivity contribution >= 4 is 29.6 Å². The lowest BCUT2D eigenvalue weighted by Gasteiger charge is -2.30. The van der Waals surface area contributed by atoms with Crippen LogP contribution in [0.3, 0.4) is 0 Å². The molecular formula is C21H25ClF3N3O7. The van der Waals surface area contributed by atoms with E-state index >= 15 is 0 Å². The summed E-state index contributed by atoms with van der Waals surface area (Å²) in [5.74, 6) is -2.51. The molecule has 0 amide bonds. The smallest absolute Gasteiger partial charge is 0.430 e. The predicted molar refractivity (Wildman–Crippen MR) is 116 cm³/mol. The number of hydrogen-bond acceptors (Lipinski definition) is 7. The van der Waals surface area contributed by atoms with E-state index < -0.39 is 42.0 Å². The maximum Gasteiger partial charge on any atom is 0.430 e. The highest BCUT2D eigenvalue weighted by Crippen LogP contribution is 2.42. The molecule has 1 aromatic carbocycles. The van der Waals surface area contributed by atoms with Crippen LogP contribution in [-0.4, -0.2) is 59.7 Å². The van der Waals surface area contributed by atoms with Crippen molar-refractivity contribution in [1.82, 2.24) is 5.01 Å². The molecule has 0 radical (unpaired) electrons. The number of aliphatic carboxylic acids is 1. The molecule has 0 aliphatic carbocycles. The first kappa shape index (κ1) is 28.0. The summed E-state index contributed by atoms with van der Waals surface area (Å²) in [7, 11) is 1.31. The van der Waals surface area contributed by atoms with Crippen LogP contribution < -0.4 is 4.74 Å². The Kier molecular flexibility index (Phi) is 8.82. The molecule has 1 aliphatic rings. The average molecular weight is 524 g/mol. The molecule has 1 aliphatic heterocycles. The van der Waals surface area contributed by atoms with Crippen molar-refractivity contribution in [3.8, 4) is 5.75 Å². The molecule has 1 aromatic rings. The van der Waals surface area contributed by atoms with Gasteiger partial charge in [0, 0.05) is 17.0 Å². The Labute approximate surface area is 204 Å². The second-order valence-electron chi connectivity index (χ2n) is 8.65. The molecule has 35 heavy (non-hydrogen) atoms. The molecule has 0 spiro atoms. The predicted octanol–water partition coefficient (Wildman–Crippen LogP) is 4.45. The lowest BCUT2D eigenvalue weighted by atomic mass is 9.85. The number of ether oxygens (including phenoxy) is 2. The van der Waals surface area contributed by atoms with E-state index in [0.29, 0.717) is 10.6 Å². The van der Waals surface area contributed by atoms with Crippen LogP contribution in [0.5, 0.6) is 5.75 Å². The van der Waals surface area contributed by atoms with E-state index in [1.54, 1.807) is 0 Å². The Morgan fingerprint density at radius 2 is 1.97 bits per heavy atom. The fourth-order valence-corrected chi connectivity index (χ4v) is 3.50. The van der Waals surface area contributed by atoms with E-state index in [1.165, 1.54) is 19.2 Å². The summed E-state index contributed by atoms with van der Waals surface area (Å²) in [6.07, 6.45) is -6.56. The van der Waals surface area contributed by atoms with E-state index in [2.05, 4.69) is 14.9 Å². The molecular weight excluding hydrogens is 499 g/mol. The molecule has 2 rings (SSSR count). The number of alkyl halides is 3. The zero-order valence-corrected chi connectivity index (χ0v) is 20.1. The first-order valence-corrected chi connectivity index (χ1v) is 10.7. The van der Waals surface area contributed by atoms with Crippen LogP contribution in [0.4, 0.5) is 13.2 Å². The molecule has 0 saturated heterocycles. The third-order valence-electron chi connectivity index (χ3n) is 4.81. The van der Waals surface area contributed by atoms with Crippen molar-refractivity contribution < 1.29 is 47.1 Å². The molecule has 0 bridgehead atoms. The van der Waals surface area contributed by atoms with Gasteiger partial charge in [-0.05, 0) is 35.6 Å². The van der Waals surface area contributed by atoms with Crippen molar-refractivity contribution in [2.24, 2.45) is 5.28 Å². The van der Waals surface area contributed by atoms with Crippen molar-refractivity contribution in [3.63, 3.8) is 0 Å². The quantitative estimate of drug-likeness (QED) is 0.126. The SMILES string of the molecule is CN(CCCC(=O)O)/[N+]([O-])=N/OCOC(=O)C1=Cc2cc(Cl)c(C(C)(C)C)cc2O[C@@H]1C(F)(F)F. The first-order chi connectivity index (χ1) is 16.1. The van der Waals surface area contributed by atoms with E-state index in [0.717, 1.165) is 11.1 Å². The van der Waals surface area contributed by atoms with E-state index in [1.807, 2.05) is 20.8 Å². The van der Waals surface area contributed by atoms with E-state index in [-0.39, 0.29) is 35.7 Å². The van der Waals surface area contributed by atoms with Crippen LogP contribution in [0, 0.1) is 5.21 Å². The fraction of sp³-hybridized carbons (Fsp3) is 0.524. The number of carbonyl (C=O) groups is 2. The van der Waals surface area contributed by atoms with Crippen LogP contribution in [0.1, 0.15) is 44.7 Å². The molecule has 0 unspecified atom stereocenters. The summed E-state index contributed by atoms with van der Waals surface area (Å²) in [5.41, 5.74) is -0.566. The maximum absolute atomic E-state index is 13.7. The minimum Gasteiger partial charge on any atom is -0.569 e. The number of hydrazine groups is 1. The van der Waals surface area contributed by atoms with Gasteiger partial charge in [-0.2, -0.15) is 13.2 Å². The van der Waals surface area contributed by atoms with Crippen LogP contribution in [0.15, 0.2) is 23.0 Å². The summed E-state index contributed by atoms with van der Waals surface area (Å²) < 4.78 is 50.8. The summed E-state index contributed by atoms with van der Waals surface area (Å²) >= 11 is 6.28. The van der Waals surface area contributed by atoms with Crippen molar-refractivity contribution in [1.29, 1.82) is 0 Å². The summed E-state index contributed by atoms with van der Waals surface area (Å²) in [6, 6.07) is 2.81. The highest BCUT2D eigenvalue weighted by atomic mass is 35.5. The average Bonchev–Trinajstić information content (AvgIpc) is 2.73. The normalized spacial score (nSPS) is 16.1. The molecule has 1 N–H and O–H groups in total. The van der Waals surface area contributed by atoms with Crippen LogP contribution in [0.25, 0.3) is 6.08 Å². The van der Waals surface area contributed by atoms with Gasteiger partial charge in [0.15, 0.2) is 0 Å². The summed E-state index contributed by atoms with van der Waals surface area (Å²) in [4.78, 5) is 27.4. The van der Waals surface area contributed by atoms with Crippen LogP contribution in [0.2, 0.25) is 5.02 Å². The van der Waals surface area contributed by atoms with Gasteiger partial charge in [-0.3, -0.25) is 4.79 Å². The highest BCUT2D eigenvalue weighted by molar-refractivity contribution is 6.31. The summed E-state index contributed by atoms with van der Waals surface area (Å²) in [5, 5.41) is 24.6. The van der Waals surface area contributed by atoms with Gasteiger partial charge in [-0.1, -0.05) is 32.4 Å². The van der Waals surface area contributed by atoms with Crippen molar-refractivity contribution in [2.45, 2.75) is 51.3 Å². The van der Waals surface area contributed by atoms with E-state index in [9.17, 15) is 28.0 Å². The lowest BCUT2D eigenvalue weighted by molar-refractivity contribution is -0.706. The van der Waals surface area contributed by atoms with Crippen molar-refractivity contribution in [2.75, 3.05) is 20.4 Å². The Hall–Kier alpha value is -3.22. The lowest BCUT2D eigenvalue weighted by Crippen LogP contribution is -2.41. The molecule has 1 heterocycles. The number of halogens is 4. The number of hydrogen-bond donors (Lipinski definition) is 1. The minimum absolute atomic E-state index is 0.0256. The third kappa shape index (κ3) is 7.64. The standard InChI is InChI=1S/C21H25ClF3N3O7/c1-20(2,3)14-10-16-12(9-15(14)22)8-13(18(35-16)21(23,24)25)19(31)33-11-34-26-28(32)27(4)7-5-6-17(29)30/h8-10,18H,5-7,11H2,1-4H3,(H,29,30)/b28-26-/t18-/m0/s1. The number of carboxylic acids is 1. The van der Waals surface area contributed by atoms with Crippen LogP contribution in [-0.2, 0) is 24.6 Å². The molecule has 0 fully saturated rings. The largest absolute Gasteiger partial charge is 0.569 e. The molecule has 0 aromatic heterocycles. The summed E-state index contributed by atoms with van der Waals surface area (Å²) in [6.45, 7) is 4.60. The van der Waals surface area contributed by atoms with Gasteiger partial charge in [-0.25, -0.2) is 4.79 Å². The Balaban J connectivity index is 2.12. The van der Waals surface area contributed by atoms with Gasteiger partial charge in [-0.15, -0.1) is 5.01 Å². The van der Waals surface area contributed by atoms with Gasteiger partial charge >= 0.3 is 18.1 Å². The molecule has 0 saturated carbocycles. The van der Waals surface area contributed by atoms with Gasteiger partial charge in [0.05, 0.1) is 24.1 Å². The second kappa shape index (κ2) is 11.0. The fourth-order valence-electron chi connectivity index (χ4n) is 3.04. The number of carbonyl (C=O) groups excluding carboxylic acids is 1. The second-order valence-corrected chi connectivity index (χ2v) is 9.06. The third-order valence-corrected chi connectivity index (χ3v) is 5.13. The number of rotatable bonds is 9. The number of nitrogens with zero attached hydrogens (tertiary/aromatic N) is 3. The molecule has 1 atom stereocenters. The topological polar surface area (TPSA) is 124 Å². The minimum atomic E-state index is -4.93. The van der Waals surface area contributed by atoms with Gasteiger partial charge in [0.2, 0.25) is 11.4 Å². The number of esters is 1. The first-order valence-electron chi connectivity index (χ1n) is 10.3. The van der Waals surface area contributed by atoms with Gasteiger partial charge < -0.3 is 24.6 Å². The number of benzene rings is 1. The number of fused-ring (bicyclic) bond motifs is 1. The van der Waals surface area contributed by atoms with Crippen molar-refractivity contribution in [3.05, 3.63) is 39.1 Å². The maximum atomic E-state index is 13.7. The highest BCUT2D eigenvalue weighted by Gasteiger charge is 2.49. The molecule has 10 nitrogen and oxygen atoms in total. The van der Waals surface area contributed by atoms with Crippen LogP contribution >= 0.6 is 11.6 Å². The van der Waals surface area contributed by atoms with Gasteiger partial charge in [0.1, 0.15) is 5.75 Å². The molecule has 194 valence electrons. The Morgan fingerprint density at radius 1 is 1.31 bits per heavy atom. The van der Waals surface area contributed by atoms with Gasteiger partial charge in [0.25, 0.3) is 6.79 Å². The Morgan fingerprint density at radius 3 is 2.54 bits per heavy atom. The van der Waals surface area contributed by atoms with E-state index in [4.69, 9.17) is 21.4 Å². The monoisotopic (exact) mass is 523 g/mol.